The fraction of sp³-hybridized carbons (Fsp3) is 0.167. The highest BCUT2D eigenvalue weighted by Gasteiger charge is 2.30. The normalized spacial score (nSPS) is 16.3. The summed E-state index contributed by atoms with van der Waals surface area (Å²) in [4.78, 5) is 24.6. The number of rotatable bonds is 1. The van der Waals surface area contributed by atoms with Crippen LogP contribution in [0.5, 0.6) is 0 Å². The molecule has 1 amide bonds. The third kappa shape index (κ3) is 1.91. The van der Waals surface area contributed by atoms with Gasteiger partial charge in [-0.25, -0.2) is 4.79 Å². The number of amides is 1. The SMILES string of the molecule is COC(=O)/C=C1/C(=O)N(C)c2ccc(Cl)cc21. The van der Waals surface area contributed by atoms with Crippen LogP contribution in [0.25, 0.3) is 5.57 Å². The first kappa shape index (κ1) is 11.7. The Labute approximate surface area is 103 Å². The first-order valence-corrected chi connectivity index (χ1v) is 5.30. The number of benzene rings is 1. The van der Waals surface area contributed by atoms with Crippen molar-refractivity contribution in [2.45, 2.75) is 0 Å². The molecule has 2 rings (SSSR count). The maximum Gasteiger partial charge on any atom is 0.331 e. The van der Waals surface area contributed by atoms with Crippen LogP contribution >= 0.6 is 11.6 Å². The zero-order chi connectivity index (χ0) is 12.6. The molecular weight excluding hydrogens is 242 g/mol. The molecule has 1 aromatic rings. The van der Waals surface area contributed by atoms with Crippen LogP contribution in [0.2, 0.25) is 5.02 Å². The Morgan fingerprint density at radius 2 is 2.18 bits per heavy atom. The van der Waals surface area contributed by atoms with E-state index in [1.54, 1.807) is 25.2 Å². The minimum absolute atomic E-state index is 0.243. The van der Waals surface area contributed by atoms with Crippen molar-refractivity contribution in [1.82, 2.24) is 0 Å². The number of nitrogens with zero attached hydrogens (tertiary/aromatic N) is 1. The molecule has 88 valence electrons. The highest BCUT2D eigenvalue weighted by Crippen LogP contribution is 2.37. The molecule has 1 aliphatic rings. The topological polar surface area (TPSA) is 46.6 Å². The van der Waals surface area contributed by atoms with Gasteiger partial charge in [-0.3, -0.25) is 4.79 Å². The fourth-order valence-electron chi connectivity index (χ4n) is 1.74. The van der Waals surface area contributed by atoms with E-state index < -0.39 is 5.97 Å². The van der Waals surface area contributed by atoms with Crippen LogP contribution < -0.4 is 4.90 Å². The maximum atomic E-state index is 11.9. The molecule has 0 atom stereocenters. The van der Waals surface area contributed by atoms with Crippen molar-refractivity contribution < 1.29 is 14.3 Å². The van der Waals surface area contributed by atoms with Crippen molar-refractivity contribution in [3.05, 3.63) is 34.9 Å². The molecule has 0 radical (unpaired) electrons. The largest absolute Gasteiger partial charge is 0.466 e. The molecule has 0 bridgehead atoms. The van der Waals surface area contributed by atoms with E-state index in [9.17, 15) is 9.59 Å². The summed E-state index contributed by atoms with van der Waals surface area (Å²) < 4.78 is 4.52. The van der Waals surface area contributed by atoms with Crippen LogP contribution in [0, 0.1) is 0 Å². The summed E-state index contributed by atoms with van der Waals surface area (Å²) in [5.41, 5.74) is 1.68. The summed E-state index contributed by atoms with van der Waals surface area (Å²) in [6, 6.07) is 5.10. The van der Waals surface area contributed by atoms with Crippen LogP contribution in [0.15, 0.2) is 24.3 Å². The monoisotopic (exact) mass is 251 g/mol. The van der Waals surface area contributed by atoms with Gasteiger partial charge in [0.1, 0.15) is 0 Å². The molecule has 0 aromatic heterocycles. The lowest BCUT2D eigenvalue weighted by Crippen LogP contribution is -2.20. The van der Waals surface area contributed by atoms with Crippen LogP contribution in [0.1, 0.15) is 5.56 Å². The molecule has 4 nitrogen and oxygen atoms in total. The number of carbonyl (C=O) groups is 2. The van der Waals surface area contributed by atoms with Gasteiger partial charge in [-0.05, 0) is 18.2 Å². The van der Waals surface area contributed by atoms with Crippen molar-refractivity contribution in [3.8, 4) is 0 Å². The van der Waals surface area contributed by atoms with Gasteiger partial charge < -0.3 is 9.64 Å². The second-order valence-corrected chi connectivity index (χ2v) is 4.04. The number of likely N-dealkylation sites (N-methyl/N-ethyl adjacent to an activating group) is 1. The summed E-state index contributed by atoms with van der Waals surface area (Å²) in [7, 11) is 2.91. The van der Waals surface area contributed by atoms with Crippen LogP contribution in [0.4, 0.5) is 5.69 Å². The molecule has 1 aromatic carbocycles. The van der Waals surface area contributed by atoms with Crippen molar-refractivity contribution >= 4 is 34.7 Å². The van der Waals surface area contributed by atoms with E-state index in [1.807, 2.05) is 0 Å². The number of halogens is 1. The number of methoxy groups -OCH3 is 1. The summed E-state index contributed by atoms with van der Waals surface area (Å²) in [6.45, 7) is 0. The summed E-state index contributed by atoms with van der Waals surface area (Å²) >= 11 is 5.88. The number of esters is 1. The van der Waals surface area contributed by atoms with Gasteiger partial charge in [-0.1, -0.05) is 11.6 Å². The van der Waals surface area contributed by atoms with E-state index in [0.717, 1.165) is 5.69 Å². The summed E-state index contributed by atoms with van der Waals surface area (Å²) in [6.07, 6.45) is 1.18. The van der Waals surface area contributed by atoms with Gasteiger partial charge in [0.05, 0.1) is 18.4 Å². The lowest BCUT2D eigenvalue weighted by molar-refractivity contribution is -0.135. The second kappa shape index (κ2) is 4.22. The third-order valence-corrected chi connectivity index (χ3v) is 2.84. The molecular formula is C12H10ClNO3. The van der Waals surface area contributed by atoms with E-state index >= 15 is 0 Å². The number of fused-ring (bicyclic) bond motifs is 1. The van der Waals surface area contributed by atoms with Gasteiger partial charge in [0.2, 0.25) is 0 Å². The molecule has 0 N–H and O–H groups in total. The average molecular weight is 252 g/mol. The molecule has 17 heavy (non-hydrogen) atoms. The number of hydrogen-bond acceptors (Lipinski definition) is 3. The molecule has 0 unspecified atom stereocenters. The van der Waals surface area contributed by atoms with Gasteiger partial charge in [-0.15, -0.1) is 0 Å². The van der Waals surface area contributed by atoms with E-state index in [0.29, 0.717) is 16.2 Å². The average Bonchev–Trinajstić information content (AvgIpc) is 2.54. The predicted octanol–water partition coefficient (Wildman–Crippen LogP) is 1.87. The van der Waals surface area contributed by atoms with Gasteiger partial charge in [0.25, 0.3) is 5.91 Å². The Bertz CT molecular complexity index is 537. The molecule has 0 spiro atoms. The molecule has 5 heteroatoms. The Morgan fingerprint density at radius 3 is 2.82 bits per heavy atom. The number of ether oxygens (including phenoxy) is 1. The van der Waals surface area contributed by atoms with E-state index in [-0.39, 0.29) is 5.91 Å². The Kier molecular flexibility index (Phi) is 2.90. The van der Waals surface area contributed by atoms with Gasteiger partial charge >= 0.3 is 5.97 Å². The minimum atomic E-state index is -0.561. The first-order chi connectivity index (χ1) is 8.04. The Hall–Kier alpha value is -1.81. The highest BCUT2D eigenvalue weighted by molar-refractivity contribution is 6.36. The molecule has 0 saturated carbocycles. The fourth-order valence-corrected chi connectivity index (χ4v) is 1.91. The van der Waals surface area contributed by atoms with Crippen LogP contribution in [-0.2, 0) is 14.3 Å². The highest BCUT2D eigenvalue weighted by atomic mass is 35.5. The van der Waals surface area contributed by atoms with E-state index in [2.05, 4.69) is 4.74 Å². The van der Waals surface area contributed by atoms with Crippen molar-refractivity contribution in [3.63, 3.8) is 0 Å². The Morgan fingerprint density at radius 1 is 1.47 bits per heavy atom. The van der Waals surface area contributed by atoms with Crippen LogP contribution in [-0.4, -0.2) is 26.0 Å². The van der Waals surface area contributed by atoms with Crippen molar-refractivity contribution in [2.24, 2.45) is 0 Å². The molecule has 0 fully saturated rings. The first-order valence-electron chi connectivity index (χ1n) is 4.92. The van der Waals surface area contributed by atoms with E-state index in [1.165, 1.54) is 18.1 Å². The minimum Gasteiger partial charge on any atom is -0.466 e. The molecule has 0 saturated heterocycles. The Balaban J connectivity index is 2.57. The lowest BCUT2D eigenvalue weighted by Gasteiger charge is -2.08. The molecule has 1 heterocycles. The lowest BCUT2D eigenvalue weighted by atomic mass is 10.1. The zero-order valence-corrected chi connectivity index (χ0v) is 10.1. The van der Waals surface area contributed by atoms with Crippen molar-refractivity contribution in [1.29, 1.82) is 0 Å². The van der Waals surface area contributed by atoms with Crippen molar-refractivity contribution in [2.75, 3.05) is 19.1 Å². The number of anilines is 1. The second-order valence-electron chi connectivity index (χ2n) is 3.61. The summed E-state index contributed by atoms with van der Waals surface area (Å²) in [5, 5.41) is 0.516. The van der Waals surface area contributed by atoms with Gasteiger partial charge in [0, 0.05) is 23.7 Å². The zero-order valence-electron chi connectivity index (χ0n) is 9.36. The molecule has 1 aliphatic heterocycles. The third-order valence-electron chi connectivity index (χ3n) is 2.61. The summed E-state index contributed by atoms with van der Waals surface area (Å²) in [5.74, 6) is -0.803. The van der Waals surface area contributed by atoms with Gasteiger partial charge in [0.15, 0.2) is 0 Å². The smallest absolute Gasteiger partial charge is 0.331 e. The number of hydrogen-bond donors (Lipinski definition) is 0. The van der Waals surface area contributed by atoms with Gasteiger partial charge in [-0.2, -0.15) is 0 Å². The van der Waals surface area contributed by atoms with E-state index in [4.69, 9.17) is 11.6 Å². The predicted molar refractivity (Wildman–Crippen MR) is 64.9 cm³/mol. The van der Waals surface area contributed by atoms with Crippen LogP contribution in [0.3, 0.4) is 0 Å². The maximum absolute atomic E-state index is 11.9. The standard InChI is InChI=1S/C12H10ClNO3/c1-14-10-4-3-7(13)5-8(10)9(12(14)16)6-11(15)17-2/h3-6H,1-2H3/b9-6+. The number of carbonyl (C=O) groups excluding carboxylic acids is 2. The quantitative estimate of drug-likeness (QED) is 0.566. The molecule has 0 aliphatic carbocycles.